The molecule has 0 bridgehead atoms. The van der Waals surface area contributed by atoms with Crippen molar-refractivity contribution in [2.45, 2.75) is 19.4 Å². The van der Waals surface area contributed by atoms with Crippen molar-refractivity contribution in [2.75, 3.05) is 38.8 Å². The maximum absolute atomic E-state index is 13.4. The zero-order valence-electron chi connectivity index (χ0n) is 17.7. The molecule has 0 N–H and O–H groups in total. The van der Waals surface area contributed by atoms with E-state index in [0.29, 0.717) is 24.6 Å². The van der Waals surface area contributed by atoms with Gasteiger partial charge in [0, 0.05) is 37.3 Å². The lowest BCUT2D eigenvalue weighted by molar-refractivity contribution is -0.135. The number of methoxy groups -OCH3 is 2. The molecule has 5 rings (SSSR count). The van der Waals surface area contributed by atoms with Gasteiger partial charge in [0.1, 0.15) is 12.1 Å². The number of fused-ring (bicyclic) bond motifs is 1. The van der Waals surface area contributed by atoms with E-state index in [1.165, 1.54) is 0 Å². The number of pyridine rings is 1. The molecule has 8 nitrogen and oxygen atoms in total. The van der Waals surface area contributed by atoms with E-state index >= 15 is 0 Å². The molecule has 0 aliphatic carbocycles. The minimum absolute atomic E-state index is 0.221. The number of carbonyl (C=O) groups is 1. The standard InChI is InChI=1S/C23H25N5O3/c1-30-19-11-17-18(12-20(19)31-2)25-15-26-21(17)28-10-7-23(14-28)6-9-27(22(23)29)13-16-5-3-4-8-24-16/h3-5,8,11-12,15H,6-7,9-10,13-14H2,1-2H3. The fraction of sp³-hybridized carbons (Fsp3) is 0.391. The van der Waals surface area contributed by atoms with Gasteiger partial charge < -0.3 is 19.3 Å². The molecule has 0 saturated carbocycles. The summed E-state index contributed by atoms with van der Waals surface area (Å²) in [6, 6.07) is 9.59. The lowest BCUT2D eigenvalue weighted by Gasteiger charge is -2.24. The average molecular weight is 419 g/mol. The number of benzene rings is 1. The van der Waals surface area contributed by atoms with Gasteiger partial charge in [-0.2, -0.15) is 0 Å². The van der Waals surface area contributed by atoms with Crippen LogP contribution in [0.3, 0.4) is 0 Å². The second-order valence-electron chi connectivity index (χ2n) is 8.17. The van der Waals surface area contributed by atoms with Crippen molar-refractivity contribution >= 4 is 22.6 Å². The molecule has 8 heteroatoms. The first-order valence-corrected chi connectivity index (χ1v) is 10.4. The van der Waals surface area contributed by atoms with Gasteiger partial charge in [0.05, 0.1) is 37.4 Å². The van der Waals surface area contributed by atoms with Crippen molar-refractivity contribution in [3.05, 3.63) is 48.5 Å². The number of anilines is 1. The molecule has 0 radical (unpaired) electrons. The zero-order chi connectivity index (χ0) is 21.4. The Morgan fingerprint density at radius 1 is 1.03 bits per heavy atom. The van der Waals surface area contributed by atoms with Gasteiger partial charge in [0.15, 0.2) is 11.5 Å². The Kier molecular flexibility index (Phi) is 4.84. The first kappa shape index (κ1) is 19.5. The van der Waals surface area contributed by atoms with Gasteiger partial charge in [-0.25, -0.2) is 9.97 Å². The predicted octanol–water partition coefficient (Wildman–Crippen LogP) is 2.67. The van der Waals surface area contributed by atoms with Crippen LogP contribution in [0.4, 0.5) is 5.82 Å². The van der Waals surface area contributed by atoms with Gasteiger partial charge >= 0.3 is 0 Å². The third-order valence-corrected chi connectivity index (χ3v) is 6.45. The summed E-state index contributed by atoms with van der Waals surface area (Å²) >= 11 is 0. The lowest BCUT2D eigenvalue weighted by atomic mass is 9.85. The highest BCUT2D eigenvalue weighted by atomic mass is 16.5. The highest BCUT2D eigenvalue weighted by Crippen LogP contribution is 2.44. The maximum Gasteiger partial charge on any atom is 0.231 e. The highest BCUT2D eigenvalue weighted by Gasteiger charge is 2.51. The van der Waals surface area contributed by atoms with Crippen molar-refractivity contribution in [3.63, 3.8) is 0 Å². The van der Waals surface area contributed by atoms with E-state index in [1.54, 1.807) is 26.7 Å². The minimum atomic E-state index is -0.359. The Balaban J connectivity index is 1.41. The molecular formula is C23H25N5O3. The lowest BCUT2D eigenvalue weighted by Crippen LogP contribution is -2.37. The number of aromatic nitrogens is 3. The first-order valence-electron chi connectivity index (χ1n) is 10.4. The summed E-state index contributed by atoms with van der Waals surface area (Å²) in [5, 5.41) is 0.896. The molecule has 160 valence electrons. The van der Waals surface area contributed by atoms with Crippen LogP contribution in [0.2, 0.25) is 0 Å². The summed E-state index contributed by atoms with van der Waals surface area (Å²) in [6.07, 6.45) is 5.02. The molecule has 31 heavy (non-hydrogen) atoms. The Bertz CT molecular complexity index is 1120. The number of nitrogens with zero attached hydrogens (tertiary/aromatic N) is 5. The molecule has 2 saturated heterocycles. The van der Waals surface area contributed by atoms with Crippen molar-refractivity contribution in [1.82, 2.24) is 19.9 Å². The Morgan fingerprint density at radius 2 is 1.84 bits per heavy atom. The van der Waals surface area contributed by atoms with Crippen LogP contribution in [0.15, 0.2) is 42.9 Å². The second kappa shape index (κ2) is 7.68. The van der Waals surface area contributed by atoms with E-state index in [-0.39, 0.29) is 11.3 Å². The van der Waals surface area contributed by atoms with Crippen LogP contribution in [-0.4, -0.2) is 59.6 Å². The third kappa shape index (κ3) is 3.32. The number of ether oxygens (including phenoxy) is 2. The van der Waals surface area contributed by atoms with Crippen LogP contribution in [-0.2, 0) is 11.3 Å². The molecule has 1 aromatic carbocycles. The van der Waals surface area contributed by atoms with Crippen molar-refractivity contribution in [2.24, 2.45) is 5.41 Å². The highest BCUT2D eigenvalue weighted by molar-refractivity contribution is 5.93. The van der Waals surface area contributed by atoms with Crippen LogP contribution < -0.4 is 14.4 Å². The van der Waals surface area contributed by atoms with Crippen LogP contribution in [0.25, 0.3) is 10.9 Å². The van der Waals surface area contributed by atoms with Gasteiger partial charge in [-0.05, 0) is 31.0 Å². The molecule has 1 amide bonds. The molecule has 2 fully saturated rings. The number of hydrogen-bond acceptors (Lipinski definition) is 7. The van der Waals surface area contributed by atoms with Crippen LogP contribution >= 0.6 is 0 Å². The largest absolute Gasteiger partial charge is 0.493 e. The summed E-state index contributed by atoms with van der Waals surface area (Å²) in [5.74, 6) is 2.32. The summed E-state index contributed by atoms with van der Waals surface area (Å²) in [7, 11) is 3.23. The number of rotatable bonds is 5. The van der Waals surface area contributed by atoms with Crippen LogP contribution in [0, 0.1) is 5.41 Å². The van der Waals surface area contributed by atoms with E-state index < -0.39 is 0 Å². The molecule has 2 aliphatic rings. The number of likely N-dealkylation sites (tertiary alicyclic amines) is 1. The quantitative estimate of drug-likeness (QED) is 0.629. The molecule has 1 spiro atoms. The number of hydrogen-bond donors (Lipinski definition) is 0. The van der Waals surface area contributed by atoms with Gasteiger partial charge in [0.25, 0.3) is 0 Å². The summed E-state index contributed by atoms with van der Waals surface area (Å²) in [6.45, 7) is 2.77. The summed E-state index contributed by atoms with van der Waals surface area (Å²) < 4.78 is 10.9. The third-order valence-electron chi connectivity index (χ3n) is 6.45. The van der Waals surface area contributed by atoms with Gasteiger partial charge in [-0.1, -0.05) is 6.07 Å². The molecule has 2 aliphatic heterocycles. The Morgan fingerprint density at radius 3 is 2.61 bits per heavy atom. The van der Waals surface area contributed by atoms with Gasteiger partial charge in [0.2, 0.25) is 5.91 Å². The van der Waals surface area contributed by atoms with Gasteiger partial charge in [-0.3, -0.25) is 9.78 Å². The number of carbonyl (C=O) groups excluding carboxylic acids is 1. The predicted molar refractivity (Wildman–Crippen MR) is 116 cm³/mol. The fourth-order valence-electron chi connectivity index (χ4n) is 4.78. The molecule has 4 heterocycles. The first-order chi connectivity index (χ1) is 15.1. The van der Waals surface area contributed by atoms with Gasteiger partial charge in [-0.15, -0.1) is 0 Å². The normalized spacial score (nSPS) is 20.8. The minimum Gasteiger partial charge on any atom is -0.493 e. The van der Waals surface area contributed by atoms with E-state index in [4.69, 9.17) is 9.47 Å². The molecule has 1 unspecified atom stereocenters. The SMILES string of the molecule is COc1cc2ncnc(N3CCC4(CCN(Cc5ccccn5)C4=O)C3)c2cc1OC. The summed E-state index contributed by atoms with van der Waals surface area (Å²) in [5.41, 5.74) is 1.35. The van der Waals surface area contributed by atoms with Crippen molar-refractivity contribution < 1.29 is 14.3 Å². The Hall–Kier alpha value is -3.42. The van der Waals surface area contributed by atoms with E-state index in [9.17, 15) is 4.79 Å². The van der Waals surface area contributed by atoms with Crippen molar-refractivity contribution in [1.29, 1.82) is 0 Å². The van der Waals surface area contributed by atoms with E-state index in [1.807, 2.05) is 35.2 Å². The summed E-state index contributed by atoms with van der Waals surface area (Å²) in [4.78, 5) is 30.9. The van der Waals surface area contributed by atoms with E-state index in [2.05, 4.69) is 19.9 Å². The average Bonchev–Trinajstić information content (AvgIpc) is 3.38. The second-order valence-corrected chi connectivity index (χ2v) is 8.17. The number of amides is 1. The molecule has 3 aromatic rings. The molecule has 2 aromatic heterocycles. The van der Waals surface area contributed by atoms with E-state index in [0.717, 1.165) is 48.3 Å². The zero-order valence-corrected chi connectivity index (χ0v) is 17.7. The maximum atomic E-state index is 13.4. The fourth-order valence-corrected chi connectivity index (χ4v) is 4.78. The Labute approximate surface area is 180 Å². The van der Waals surface area contributed by atoms with Crippen LogP contribution in [0.5, 0.6) is 11.5 Å². The topological polar surface area (TPSA) is 80.7 Å². The monoisotopic (exact) mass is 419 g/mol. The molecular weight excluding hydrogens is 394 g/mol. The van der Waals surface area contributed by atoms with Crippen LogP contribution in [0.1, 0.15) is 18.5 Å². The van der Waals surface area contributed by atoms with Crippen molar-refractivity contribution in [3.8, 4) is 11.5 Å². The smallest absolute Gasteiger partial charge is 0.231 e. The molecule has 1 atom stereocenters.